The average Bonchev–Trinajstić information content (AvgIpc) is 2.70. The molecule has 21 heavy (non-hydrogen) atoms. The van der Waals surface area contributed by atoms with Crippen LogP contribution in [0.4, 0.5) is 4.79 Å². The third kappa shape index (κ3) is 4.35. The van der Waals surface area contributed by atoms with Crippen molar-refractivity contribution in [2.24, 2.45) is 5.92 Å². The molecule has 3 N–H and O–H groups in total. The van der Waals surface area contributed by atoms with Crippen molar-refractivity contribution in [3.05, 3.63) is 0 Å². The molecule has 5 nitrogen and oxygen atoms in total. The molecule has 2 fully saturated rings. The molecule has 120 valence electrons. The Labute approximate surface area is 126 Å². The molecule has 0 heterocycles. The largest absolute Gasteiger partial charge is 0.480 e. The van der Waals surface area contributed by atoms with Gasteiger partial charge in [-0.15, -0.1) is 0 Å². The number of rotatable bonds is 3. The number of carboxylic acid groups (broad SMARTS) is 1. The van der Waals surface area contributed by atoms with Crippen LogP contribution in [-0.4, -0.2) is 28.7 Å². The lowest BCUT2D eigenvalue weighted by Crippen LogP contribution is -2.59. The summed E-state index contributed by atoms with van der Waals surface area (Å²) in [6, 6.07) is -0.111. The highest BCUT2D eigenvalue weighted by atomic mass is 16.4. The Kier molecular flexibility index (Phi) is 5.48. The van der Waals surface area contributed by atoms with Crippen LogP contribution in [0.15, 0.2) is 0 Å². The van der Waals surface area contributed by atoms with Crippen LogP contribution >= 0.6 is 0 Å². The molecular formula is C16H28N2O3. The number of carbonyl (C=O) groups excluding carboxylic acids is 1. The highest BCUT2D eigenvalue weighted by Gasteiger charge is 2.42. The van der Waals surface area contributed by atoms with Crippen LogP contribution in [0.5, 0.6) is 0 Å². The van der Waals surface area contributed by atoms with E-state index in [0.29, 0.717) is 18.8 Å². The quantitative estimate of drug-likeness (QED) is 0.700. The van der Waals surface area contributed by atoms with Gasteiger partial charge < -0.3 is 15.7 Å². The predicted octanol–water partition coefficient (Wildman–Crippen LogP) is 3.04. The Morgan fingerprint density at radius 2 is 1.57 bits per heavy atom. The molecular weight excluding hydrogens is 268 g/mol. The van der Waals surface area contributed by atoms with E-state index >= 15 is 0 Å². The van der Waals surface area contributed by atoms with Gasteiger partial charge in [-0.3, -0.25) is 0 Å². The maximum atomic E-state index is 12.2. The maximum Gasteiger partial charge on any atom is 0.329 e. The Balaban J connectivity index is 1.90. The summed E-state index contributed by atoms with van der Waals surface area (Å²) in [7, 11) is 0. The maximum absolute atomic E-state index is 12.2. The molecule has 5 heteroatoms. The lowest BCUT2D eigenvalue weighted by molar-refractivity contribution is -0.146. The first kappa shape index (κ1) is 16.1. The Hall–Kier alpha value is -1.26. The van der Waals surface area contributed by atoms with Crippen LogP contribution in [-0.2, 0) is 4.79 Å². The van der Waals surface area contributed by atoms with Gasteiger partial charge in [-0.2, -0.15) is 0 Å². The number of hydrogen-bond acceptors (Lipinski definition) is 2. The van der Waals surface area contributed by atoms with Gasteiger partial charge in [0.1, 0.15) is 5.54 Å². The second kappa shape index (κ2) is 7.14. The molecule has 2 amide bonds. The van der Waals surface area contributed by atoms with E-state index in [4.69, 9.17) is 0 Å². The molecule has 2 aliphatic rings. The Morgan fingerprint density at radius 1 is 1.00 bits per heavy atom. The minimum Gasteiger partial charge on any atom is -0.480 e. The van der Waals surface area contributed by atoms with Gasteiger partial charge in [-0.05, 0) is 44.4 Å². The molecule has 0 bridgehead atoms. The summed E-state index contributed by atoms with van der Waals surface area (Å²) >= 11 is 0. The van der Waals surface area contributed by atoms with Crippen molar-refractivity contribution in [3.63, 3.8) is 0 Å². The standard InChI is InChI=1S/C16H28N2O3/c1-12-8-10-16(11-9-12,14(19)20)18-15(21)17-13-6-4-2-3-5-7-13/h12-13H,2-11H2,1H3,(H,19,20)(H2,17,18,21). The fourth-order valence-electron chi connectivity index (χ4n) is 3.51. The van der Waals surface area contributed by atoms with Crippen LogP contribution in [0.25, 0.3) is 0 Å². The second-order valence-electron chi connectivity index (χ2n) is 6.86. The third-order valence-corrected chi connectivity index (χ3v) is 5.08. The van der Waals surface area contributed by atoms with Crippen molar-refractivity contribution in [2.75, 3.05) is 0 Å². The van der Waals surface area contributed by atoms with Crippen LogP contribution in [0.1, 0.15) is 71.1 Å². The zero-order chi connectivity index (χ0) is 15.3. The van der Waals surface area contributed by atoms with Crippen molar-refractivity contribution >= 4 is 12.0 Å². The molecule has 0 aliphatic heterocycles. The van der Waals surface area contributed by atoms with Crippen LogP contribution < -0.4 is 10.6 Å². The number of nitrogens with one attached hydrogen (secondary N) is 2. The summed E-state index contributed by atoms with van der Waals surface area (Å²) in [6.45, 7) is 2.14. The van der Waals surface area contributed by atoms with E-state index in [9.17, 15) is 14.7 Å². The molecule has 2 rings (SSSR count). The van der Waals surface area contributed by atoms with E-state index in [1.807, 2.05) is 0 Å². The molecule has 2 saturated carbocycles. The fraction of sp³-hybridized carbons (Fsp3) is 0.875. The van der Waals surface area contributed by atoms with Crippen LogP contribution in [0.2, 0.25) is 0 Å². The van der Waals surface area contributed by atoms with E-state index < -0.39 is 11.5 Å². The van der Waals surface area contributed by atoms with Gasteiger partial charge in [0.05, 0.1) is 0 Å². The minimum atomic E-state index is -1.07. The molecule has 0 aromatic heterocycles. The summed E-state index contributed by atoms with van der Waals surface area (Å²) in [5, 5.41) is 15.3. The highest BCUT2D eigenvalue weighted by Crippen LogP contribution is 2.32. The summed E-state index contributed by atoms with van der Waals surface area (Å²) < 4.78 is 0. The first-order chi connectivity index (χ1) is 10.0. The van der Waals surface area contributed by atoms with E-state index in [1.165, 1.54) is 12.8 Å². The molecule has 0 radical (unpaired) electrons. The average molecular weight is 296 g/mol. The van der Waals surface area contributed by atoms with E-state index in [-0.39, 0.29) is 12.1 Å². The molecule has 2 aliphatic carbocycles. The van der Waals surface area contributed by atoms with Crippen LogP contribution in [0.3, 0.4) is 0 Å². The first-order valence-electron chi connectivity index (χ1n) is 8.34. The summed E-state index contributed by atoms with van der Waals surface area (Å²) in [4.78, 5) is 23.8. The summed E-state index contributed by atoms with van der Waals surface area (Å²) in [6.07, 6.45) is 9.54. The number of carbonyl (C=O) groups is 2. The molecule has 0 aromatic carbocycles. The van der Waals surface area contributed by atoms with Crippen molar-refractivity contribution in [1.29, 1.82) is 0 Å². The lowest BCUT2D eigenvalue weighted by atomic mass is 9.77. The number of carboxylic acids is 1. The zero-order valence-corrected chi connectivity index (χ0v) is 13.0. The smallest absolute Gasteiger partial charge is 0.329 e. The molecule has 0 spiro atoms. The Bertz CT molecular complexity index is 368. The lowest BCUT2D eigenvalue weighted by Gasteiger charge is -2.36. The van der Waals surface area contributed by atoms with E-state index in [0.717, 1.165) is 38.5 Å². The highest BCUT2D eigenvalue weighted by molar-refractivity contribution is 5.86. The number of urea groups is 1. The summed E-state index contributed by atoms with van der Waals surface area (Å²) in [5.74, 6) is -0.352. The van der Waals surface area contributed by atoms with Gasteiger partial charge >= 0.3 is 12.0 Å². The minimum absolute atomic E-state index is 0.195. The van der Waals surface area contributed by atoms with Gasteiger partial charge in [0.2, 0.25) is 0 Å². The number of amides is 2. The molecule has 0 atom stereocenters. The van der Waals surface area contributed by atoms with Crippen LogP contribution in [0, 0.1) is 5.92 Å². The SMILES string of the molecule is CC1CCC(NC(=O)NC2CCCCCC2)(C(=O)O)CC1. The van der Waals surface area contributed by atoms with Crippen molar-refractivity contribution in [3.8, 4) is 0 Å². The van der Waals surface area contributed by atoms with Gasteiger partial charge in [-0.25, -0.2) is 9.59 Å². The Morgan fingerprint density at radius 3 is 2.10 bits per heavy atom. The van der Waals surface area contributed by atoms with Gasteiger partial charge in [0, 0.05) is 6.04 Å². The van der Waals surface area contributed by atoms with E-state index in [2.05, 4.69) is 17.6 Å². The van der Waals surface area contributed by atoms with Crippen molar-refractivity contribution in [2.45, 2.75) is 82.7 Å². The van der Waals surface area contributed by atoms with Crippen molar-refractivity contribution < 1.29 is 14.7 Å². The molecule has 0 aromatic rings. The summed E-state index contributed by atoms with van der Waals surface area (Å²) in [5.41, 5.74) is -1.07. The molecule has 0 unspecified atom stereocenters. The third-order valence-electron chi connectivity index (χ3n) is 5.08. The normalized spacial score (nSPS) is 31.2. The zero-order valence-electron chi connectivity index (χ0n) is 13.0. The van der Waals surface area contributed by atoms with Crippen molar-refractivity contribution in [1.82, 2.24) is 10.6 Å². The van der Waals surface area contributed by atoms with Gasteiger partial charge in [0.15, 0.2) is 0 Å². The second-order valence-corrected chi connectivity index (χ2v) is 6.86. The van der Waals surface area contributed by atoms with E-state index in [1.54, 1.807) is 0 Å². The number of hydrogen-bond donors (Lipinski definition) is 3. The predicted molar refractivity (Wildman–Crippen MR) is 81.2 cm³/mol. The number of aliphatic carboxylic acids is 1. The fourth-order valence-corrected chi connectivity index (χ4v) is 3.51. The van der Waals surface area contributed by atoms with Gasteiger partial charge in [-0.1, -0.05) is 32.6 Å². The first-order valence-corrected chi connectivity index (χ1v) is 8.34. The van der Waals surface area contributed by atoms with Gasteiger partial charge in [0.25, 0.3) is 0 Å². The molecule has 0 saturated heterocycles. The topological polar surface area (TPSA) is 78.4 Å². The monoisotopic (exact) mass is 296 g/mol.